The fourth-order valence-electron chi connectivity index (χ4n) is 1.22. The van der Waals surface area contributed by atoms with E-state index in [0.29, 0.717) is 4.47 Å². The van der Waals surface area contributed by atoms with Gasteiger partial charge in [-0.2, -0.15) is 0 Å². The highest BCUT2D eigenvalue weighted by Crippen LogP contribution is 2.30. The maximum absolute atomic E-state index is 12.2. The molecule has 0 N–H and O–H groups in total. The van der Waals surface area contributed by atoms with Gasteiger partial charge in [0.2, 0.25) is 0 Å². The number of hydrogen-bond donors (Lipinski definition) is 0. The van der Waals surface area contributed by atoms with Gasteiger partial charge in [-0.05, 0) is 18.2 Å². The summed E-state index contributed by atoms with van der Waals surface area (Å²) in [4.78, 5) is 11.7. The van der Waals surface area contributed by atoms with Crippen LogP contribution in [0, 0.1) is 5.92 Å². The Morgan fingerprint density at radius 1 is 1.35 bits per heavy atom. The van der Waals surface area contributed by atoms with E-state index in [-0.39, 0.29) is 5.56 Å². The van der Waals surface area contributed by atoms with Gasteiger partial charge in [0.25, 0.3) is 0 Å². The van der Waals surface area contributed by atoms with Crippen molar-refractivity contribution in [2.75, 3.05) is 0 Å². The molecule has 0 atom stereocenters. The van der Waals surface area contributed by atoms with E-state index in [9.17, 15) is 18.0 Å². The molecule has 0 saturated carbocycles. The van der Waals surface area contributed by atoms with Crippen molar-refractivity contribution in [2.45, 2.75) is 20.2 Å². The lowest BCUT2D eigenvalue weighted by molar-refractivity contribution is -0.274. The van der Waals surface area contributed by atoms with Gasteiger partial charge in [0.05, 0.1) is 5.56 Å². The van der Waals surface area contributed by atoms with Gasteiger partial charge in [-0.1, -0.05) is 29.8 Å². The van der Waals surface area contributed by atoms with Crippen molar-refractivity contribution in [3.05, 3.63) is 28.2 Å². The minimum Gasteiger partial charge on any atom is -0.405 e. The van der Waals surface area contributed by atoms with Crippen LogP contribution < -0.4 is 4.74 Å². The Bertz CT molecular complexity index is 427. The minimum atomic E-state index is -4.81. The average molecular weight is 311 g/mol. The second-order valence-electron chi connectivity index (χ2n) is 3.71. The number of halogens is 4. The first-order valence-electron chi connectivity index (χ1n) is 4.80. The van der Waals surface area contributed by atoms with Gasteiger partial charge in [0, 0.05) is 10.4 Å². The van der Waals surface area contributed by atoms with Crippen LogP contribution in [-0.4, -0.2) is 12.1 Å². The molecule has 0 aliphatic rings. The highest BCUT2D eigenvalue weighted by molar-refractivity contribution is 9.10. The third-order valence-corrected chi connectivity index (χ3v) is 2.45. The molecule has 0 unspecified atom stereocenters. The average Bonchev–Trinajstić information content (AvgIpc) is 2.14. The molecule has 1 rings (SSSR count). The van der Waals surface area contributed by atoms with E-state index >= 15 is 0 Å². The number of ketones is 1. The van der Waals surface area contributed by atoms with E-state index in [0.717, 1.165) is 6.07 Å². The van der Waals surface area contributed by atoms with Crippen molar-refractivity contribution >= 4 is 21.7 Å². The highest BCUT2D eigenvalue weighted by atomic mass is 79.9. The fourth-order valence-corrected chi connectivity index (χ4v) is 1.56. The van der Waals surface area contributed by atoms with Crippen molar-refractivity contribution in [1.82, 2.24) is 0 Å². The zero-order chi connectivity index (χ0) is 13.2. The first-order chi connectivity index (χ1) is 7.70. The van der Waals surface area contributed by atoms with Crippen molar-refractivity contribution in [2.24, 2.45) is 5.92 Å². The summed E-state index contributed by atoms with van der Waals surface area (Å²) in [5.74, 6) is -1.27. The molecule has 2 nitrogen and oxygen atoms in total. The van der Waals surface area contributed by atoms with Crippen LogP contribution in [0.25, 0.3) is 0 Å². The number of hydrogen-bond acceptors (Lipinski definition) is 2. The van der Waals surface area contributed by atoms with Crippen LogP contribution in [0.1, 0.15) is 24.2 Å². The number of benzene rings is 1. The Morgan fingerprint density at radius 3 is 2.41 bits per heavy atom. The summed E-state index contributed by atoms with van der Waals surface area (Å²) in [6.07, 6.45) is -4.81. The zero-order valence-corrected chi connectivity index (χ0v) is 10.7. The summed E-state index contributed by atoms with van der Waals surface area (Å²) >= 11 is 3.03. The first kappa shape index (κ1) is 14.0. The van der Waals surface area contributed by atoms with Crippen LogP contribution in [0.3, 0.4) is 0 Å². The Labute approximate surface area is 105 Å². The first-order valence-corrected chi connectivity index (χ1v) is 5.59. The number of ether oxygens (including phenoxy) is 1. The minimum absolute atomic E-state index is 0.0690. The fraction of sp³-hybridized carbons (Fsp3) is 0.364. The third-order valence-electron chi connectivity index (χ3n) is 1.96. The predicted octanol–water partition coefficient (Wildman–Crippen LogP) is 4.19. The molecule has 0 aliphatic carbocycles. The normalized spacial score (nSPS) is 11.7. The number of alkyl halides is 3. The lowest BCUT2D eigenvalue weighted by atomic mass is 10.0. The van der Waals surface area contributed by atoms with Crippen LogP contribution in [0.15, 0.2) is 22.7 Å². The molecule has 94 valence electrons. The number of rotatable bonds is 3. The Kier molecular flexibility index (Phi) is 4.19. The lowest BCUT2D eigenvalue weighted by Gasteiger charge is -2.14. The van der Waals surface area contributed by atoms with Crippen molar-refractivity contribution < 1.29 is 22.7 Å². The summed E-state index contributed by atoms with van der Waals surface area (Å²) in [6, 6.07) is 3.94. The molecule has 1 aromatic rings. The molecule has 0 fully saturated rings. The molecule has 6 heteroatoms. The van der Waals surface area contributed by atoms with Gasteiger partial charge in [-0.25, -0.2) is 0 Å². The molecule has 0 saturated heterocycles. The van der Waals surface area contributed by atoms with E-state index in [1.54, 1.807) is 13.8 Å². The number of carbonyl (C=O) groups is 1. The molecule has 0 spiro atoms. The second kappa shape index (κ2) is 5.08. The van der Waals surface area contributed by atoms with Crippen LogP contribution in [0.4, 0.5) is 13.2 Å². The molecule has 0 heterocycles. The molecule has 0 bridgehead atoms. The number of carbonyl (C=O) groups excluding carboxylic acids is 1. The van der Waals surface area contributed by atoms with E-state index in [4.69, 9.17) is 0 Å². The zero-order valence-electron chi connectivity index (χ0n) is 9.14. The summed E-state index contributed by atoms with van der Waals surface area (Å²) in [7, 11) is 0. The molecule has 0 aromatic heterocycles. The Hall–Kier alpha value is -1.04. The van der Waals surface area contributed by atoms with Gasteiger partial charge in [0.15, 0.2) is 5.78 Å². The van der Waals surface area contributed by atoms with E-state index in [2.05, 4.69) is 20.7 Å². The van der Waals surface area contributed by atoms with Crippen LogP contribution in [-0.2, 0) is 0 Å². The third kappa shape index (κ3) is 4.03. The van der Waals surface area contributed by atoms with Gasteiger partial charge >= 0.3 is 6.36 Å². The Balaban J connectivity index is 3.17. The molecule has 0 aliphatic heterocycles. The van der Waals surface area contributed by atoms with Crippen LogP contribution >= 0.6 is 15.9 Å². The summed E-state index contributed by atoms with van der Waals surface area (Å²) in [5.41, 5.74) is -0.0690. The van der Waals surface area contributed by atoms with Gasteiger partial charge in [-0.15, -0.1) is 13.2 Å². The van der Waals surface area contributed by atoms with Crippen molar-refractivity contribution in [3.63, 3.8) is 0 Å². The Morgan fingerprint density at radius 2 is 1.94 bits per heavy atom. The largest absolute Gasteiger partial charge is 0.573 e. The van der Waals surface area contributed by atoms with Gasteiger partial charge < -0.3 is 4.74 Å². The summed E-state index contributed by atoms with van der Waals surface area (Å²) in [5, 5.41) is 0. The number of Topliss-reactive ketones (excluding diaryl/α,β-unsaturated/α-hetero) is 1. The lowest BCUT2D eigenvalue weighted by Crippen LogP contribution is -2.20. The quantitative estimate of drug-likeness (QED) is 0.783. The molecule has 17 heavy (non-hydrogen) atoms. The maximum Gasteiger partial charge on any atom is 0.573 e. The van der Waals surface area contributed by atoms with Crippen molar-refractivity contribution in [1.29, 1.82) is 0 Å². The summed E-state index contributed by atoms with van der Waals surface area (Å²) in [6.45, 7) is 3.23. The smallest absolute Gasteiger partial charge is 0.405 e. The monoisotopic (exact) mass is 310 g/mol. The van der Waals surface area contributed by atoms with Gasteiger partial charge in [-0.3, -0.25) is 4.79 Å². The predicted molar refractivity (Wildman–Crippen MR) is 60.0 cm³/mol. The molecular formula is C11H10BrF3O2. The topological polar surface area (TPSA) is 26.3 Å². The van der Waals surface area contributed by atoms with Crippen molar-refractivity contribution in [3.8, 4) is 5.75 Å². The summed E-state index contributed by atoms with van der Waals surface area (Å²) < 4.78 is 40.8. The SMILES string of the molecule is CC(C)C(=O)c1ccc(Br)cc1OC(F)(F)F. The molecule has 0 radical (unpaired) electrons. The van der Waals surface area contributed by atoms with Gasteiger partial charge in [0.1, 0.15) is 5.75 Å². The molecule has 0 amide bonds. The van der Waals surface area contributed by atoms with E-state index in [1.807, 2.05) is 0 Å². The molecule has 1 aromatic carbocycles. The molecular weight excluding hydrogens is 301 g/mol. The van der Waals surface area contributed by atoms with E-state index < -0.39 is 23.8 Å². The highest BCUT2D eigenvalue weighted by Gasteiger charge is 2.33. The van der Waals surface area contributed by atoms with E-state index in [1.165, 1.54) is 12.1 Å². The van der Waals surface area contributed by atoms with Crippen LogP contribution in [0.2, 0.25) is 0 Å². The standard InChI is InChI=1S/C11H10BrF3O2/c1-6(2)10(16)8-4-3-7(12)5-9(8)17-11(13,14)15/h3-6H,1-2H3. The second-order valence-corrected chi connectivity index (χ2v) is 4.62. The van der Waals surface area contributed by atoms with Crippen LogP contribution in [0.5, 0.6) is 5.75 Å². The maximum atomic E-state index is 12.2.